The van der Waals surface area contributed by atoms with Crippen LogP contribution in [0.15, 0.2) is 30.3 Å². The quantitative estimate of drug-likeness (QED) is 0.741. The molecule has 0 radical (unpaired) electrons. The molecular formula is C24H28N2O6. The molecule has 2 amide bonds. The van der Waals surface area contributed by atoms with E-state index < -0.39 is 5.92 Å². The maximum absolute atomic E-state index is 13.6. The van der Waals surface area contributed by atoms with E-state index in [4.69, 9.17) is 18.9 Å². The fourth-order valence-electron chi connectivity index (χ4n) is 4.71. The lowest BCUT2D eigenvalue weighted by Crippen LogP contribution is -2.53. The molecule has 2 atom stereocenters. The number of hydrogen-bond donors (Lipinski definition) is 1. The van der Waals surface area contributed by atoms with Gasteiger partial charge in [0.1, 0.15) is 0 Å². The molecule has 4 rings (SSSR count). The Labute approximate surface area is 187 Å². The molecule has 170 valence electrons. The van der Waals surface area contributed by atoms with Gasteiger partial charge in [0.05, 0.1) is 34.4 Å². The van der Waals surface area contributed by atoms with Gasteiger partial charge >= 0.3 is 0 Å². The maximum Gasteiger partial charge on any atom is 0.254 e. The Morgan fingerprint density at radius 1 is 0.906 bits per heavy atom. The van der Waals surface area contributed by atoms with E-state index in [0.29, 0.717) is 46.4 Å². The maximum atomic E-state index is 13.6. The van der Waals surface area contributed by atoms with E-state index in [1.165, 1.54) is 7.11 Å². The molecule has 1 saturated heterocycles. The summed E-state index contributed by atoms with van der Waals surface area (Å²) in [6.45, 7) is 0.636. The van der Waals surface area contributed by atoms with Gasteiger partial charge < -0.3 is 29.2 Å². The molecule has 2 aromatic carbocycles. The van der Waals surface area contributed by atoms with Gasteiger partial charge in [-0.05, 0) is 49.1 Å². The minimum Gasteiger partial charge on any atom is -0.493 e. The molecule has 2 aliphatic rings. The van der Waals surface area contributed by atoms with Crippen LogP contribution in [0.4, 0.5) is 5.69 Å². The number of carbonyl (C=O) groups excluding carboxylic acids is 2. The average molecular weight is 440 g/mol. The summed E-state index contributed by atoms with van der Waals surface area (Å²) in [6, 6.07) is 8.46. The highest BCUT2D eigenvalue weighted by atomic mass is 16.5. The van der Waals surface area contributed by atoms with Crippen LogP contribution in [0.2, 0.25) is 0 Å². The normalized spacial score (nSPS) is 19.5. The van der Waals surface area contributed by atoms with E-state index in [-0.39, 0.29) is 17.9 Å². The third kappa shape index (κ3) is 3.70. The summed E-state index contributed by atoms with van der Waals surface area (Å²) in [4.78, 5) is 28.7. The van der Waals surface area contributed by atoms with Crippen molar-refractivity contribution in [2.45, 2.75) is 31.2 Å². The third-order valence-corrected chi connectivity index (χ3v) is 6.25. The number of piperidine rings is 1. The molecule has 2 heterocycles. The molecule has 8 heteroatoms. The molecular weight excluding hydrogens is 412 g/mol. The Balaban J connectivity index is 1.75. The summed E-state index contributed by atoms with van der Waals surface area (Å²) in [5.41, 5.74) is 1.73. The van der Waals surface area contributed by atoms with Crippen LogP contribution in [0, 0.1) is 0 Å². The van der Waals surface area contributed by atoms with Gasteiger partial charge in [-0.1, -0.05) is 0 Å². The molecule has 2 unspecified atom stereocenters. The molecule has 0 bridgehead atoms. The van der Waals surface area contributed by atoms with Gasteiger partial charge in [-0.3, -0.25) is 9.59 Å². The van der Waals surface area contributed by atoms with Gasteiger partial charge in [-0.2, -0.15) is 0 Å². The number of benzene rings is 2. The summed E-state index contributed by atoms with van der Waals surface area (Å²) in [7, 11) is 6.18. The zero-order valence-electron chi connectivity index (χ0n) is 18.8. The second-order valence-electron chi connectivity index (χ2n) is 7.89. The minimum absolute atomic E-state index is 0.0687. The zero-order chi connectivity index (χ0) is 22.8. The second-order valence-corrected chi connectivity index (χ2v) is 7.89. The van der Waals surface area contributed by atoms with Gasteiger partial charge in [0, 0.05) is 29.9 Å². The molecule has 1 N–H and O–H groups in total. The van der Waals surface area contributed by atoms with Gasteiger partial charge in [0.25, 0.3) is 5.91 Å². The predicted octanol–water partition coefficient (Wildman–Crippen LogP) is 3.45. The number of ether oxygens (including phenoxy) is 4. The molecule has 2 aliphatic heterocycles. The van der Waals surface area contributed by atoms with Crippen LogP contribution in [0.25, 0.3) is 0 Å². The lowest BCUT2D eigenvalue weighted by atomic mass is 9.78. The number of nitrogens with one attached hydrogen (secondary N) is 1. The Hall–Kier alpha value is -3.42. The standard InChI is InChI=1S/C24H28N2O6/c1-29-18-9-8-14(11-19(18)30-2)25-23(27)22-15-12-20(31-3)21(32-4)13-16(15)24(28)26-10-6-5-7-17(22)26/h8-9,11-13,17,22H,5-7,10H2,1-4H3,(H,25,27). The monoisotopic (exact) mass is 440 g/mol. The number of methoxy groups -OCH3 is 4. The minimum atomic E-state index is -0.532. The van der Waals surface area contributed by atoms with E-state index >= 15 is 0 Å². The molecule has 0 aliphatic carbocycles. The van der Waals surface area contributed by atoms with E-state index in [2.05, 4.69) is 5.32 Å². The first kappa shape index (κ1) is 21.8. The molecule has 0 spiro atoms. The van der Waals surface area contributed by atoms with Gasteiger partial charge in [-0.15, -0.1) is 0 Å². The number of nitrogens with zero attached hydrogens (tertiary/aromatic N) is 1. The lowest BCUT2D eigenvalue weighted by molar-refractivity contribution is -0.119. The highest BCUT2D eigenvalue weighted by Gasteiger charge is 2.45. The first-order chi connectivity index (χ1) is 15.5. The summed E-state index contributed by atoms with van der Waals surface area (Å²) in [5, 5.41) is 3.01. The van der Waals surface area contributed by atoms with Crippen LogP contribution >= 0.6 is 0 Å². The molecule has 2 aromatic rings. The van der Waals surface area contributed by atoms with Crippen LogP contribution in [0.3, 0.4) is 0 Å². The van der Waals surface area contributed by atoms with Crippen molar-refractivity contribution in [2.24, 2.45) is 0 Å². The second kappa shape index (κ2) is 8.98. The van der Waals surface area contributed by atoms with Crippen molar-refractivity contribution in [3.05, 3.63) is 41.5 Å². The Bertz CT molecular complexity index is 1040. The number of fused-ring (bicyclic) bond motifs is 2. The number of anilines is 1. The summed E-state index contributed by atoms with van der Waals surface area (Å²) in [6.07, 6.45) is 2.66. The smallest absolute Gasteiger partial charge is 0.254 e. The van der Waals surface area contributed by atoms with Crippen LogP contribution in [0.1, 0.15) is 41.1 Å². The Morgan fingerprint density at radius 2 is 1.56 bits per heavy atom. The Kier molecular flexibility index (Phi) is 6.12. The van der Waals surface area contributed by atoms with Crippen LogP contribution < -0.4 is 24.3 Å². The van der Waals surface area contributed by atoms with Gasteiger partial charge in [0.2, 0.25) is 5.91 Å². The Morgan fingerprint density at radius 3 is 2.25 bits per heavy atom. The first-order valence-corrected chi connectivity index (χ1v) is 10.6. The number of carbonyl (C=O) groups is 2. The van der Waals surface area contributed by atoms with Crippen LogP contribution in [-0.2, 0) is 4.79 Å². The van der Waals surface area contributed by atoms with E-state index in [0.717, 1.165) is 19.3 Å². The molecule has 0 saturated carbocycles. The van der Waals surface area contributed by atoms with Crippen molar-refractivity contribution in [1.29, 1.82) is 0 Å². The molecule has 0 aromatic heterocycles. The third-order valence-electron chi connectivity index (χ3n) is 6.25. The van der Waals surface area contributed by atoms with Crippen LogP contribution in [-0.4, -0.2) is 57.7 Å². The van der Waals surface area contributed by atoms with Gasteiger partial charge in [0.15, 0.2) is 23.0 Å². The largest absolute Gasteiger partial charge is 0.493 e. The van der Waals surface area contributed by atoms with E-state index in [9.17, 15) is 9.59 Å². The van der Waals surface area contributed by atoms with Gasteiger partial charge in [-0.25, -0.2) is 0 Å². The van der Waals surface area contributed by atoms with E-state index in [1.807, 2.05) is 4.90 Å². The summed E-state index contributed by atoms with van der Waals surface area (Å²) < 4.78 is 21.5. The number of amides is 2. The van der Waals surface area contributed by atoms with E-state index in [1.54, 1.807) is 51.7 Å². The number of hydrogen-bond acceptors (Lipinski definition) is 6. The predicted molar refractivity (Wildman–Crippen MR) is 119 cm³/mol. The fourth-order valence-corrected chi connectivity index (χ4v) is 4.71. The average Bonchev–Trinajstić information content (AvgIpc) is 2.83. The van der Waals surface area contributed by atoms with Crippen molar-refractivity contribution in [1.82, 2.24) is 4.90 Å². The van der Waals surface area contributed by atoms with Crippen molar-refractivity contribution in [3.63, 3.8) is 0 Å². The first-order valence-electron chi connectivity index (χ1n) is 10.6. The van der Waals surface area contributed by atoms with Crippen molar-refractivity contribution in [2.75, 3.05) is 40.3 Å². The zero-order valence-corrected chi connectivity index (χ0v) is 18.8. The highest BCUT2D eigenvalue weighted by molar-refractivity contribution is 6.05. The van der Waals surface area contributed by atoms with Crippen molar-refractivity contribution >= 4 is 17.5 Å². The fraction of sp³-hybridized carbons (Fsp3) is 0.417. The molecule has 1 fully saturated rings. The highest BCUT2D eigenvalue weighted by Crippen LogP contribution is 2.43. The SMILES string of the molecule is COc1ccc(NC(=O)C2c3cc(OC)c(OC)cc3C(=O)N3CCCCC23)cc1OC. The van der Waals surface area contributed by atoms with Crippen LogP contribution in [0.5, 0.6) is 23.0 Å². The topological polar surface area (TPSA) is 86.3 Å². The number of rotatable bonds is 6. The molecule has 32 heavy (non-hydrogen) atoms. The summed E-state index contributed by atoms with van der Waals surface area (Å²) >= 11 is 0. The van der Waals surface area contributed by atoms with Crippen molar-refractivity contribution in [3.8, 4) is 23.0 Å². The van der Waals surface area contributed by atoms with Crippen molar-refractivity contribution < 1.29 is 28.5 Å². The lowest BCUT2D eigenvalue weighted by Gasteiger charge is -2.44. The summed E-state index contributed by atoms with van der Waals surface area (Å²) in [5.74, 6) is 1.28. The molecule has 8 nitrogen and oxygen atoms in total.